The van der Waals surface area contributed by atoms with Crippen molar-refractivity contribution in [3.63, 3.8) is 0 Å². The monoisotopic (exact) mass is 469 g/mol. The molecular weight excluding hydrogens is 449 g/mol. The van der Waals surface area contributed by atoms with E-state index in [0.29, 0.717) is 48.2 Å². The second-order valence-electron chi connectivity index (χ2n) is 7.71. The van der Waals surface area contributed by atoms with E-state index < -0.39 is 17.5 Å². The molecule has 6 nitrogen and oxygen atoms in total. The topological polar surface area (TPSA) is 57.2 Å². The van der Waals surface area contributed by atoms with E-state index in [0.717, 1.165) is 0 Å². The molecule has 1 fully saturated rings. The van der Waals surface area contributed by atoms with Crippen LogP contribution in [0.3, 0.4) is 0 Å². The van der Waals surface area contributed by atoms with E-state index in [1.807, 2.05) is 6.07 Å². The maximum absolute atomic E-state index is 15.0. The van der Waals surface area contributed by atoms with E-state index in [1.165, 1.54) is 12.1 Å². The van der Waals surface area contributed by atoms with E-state index in [9.17, 15) is 4.79 Å². The third kappa shape index (κ3) is 3.77. The van der Waals surface area contributed by atoms with Gasteiger partial charge in [-0.2, -0.15) is 0 Å². The first-order valence-corrected chi connectivity index (χ1v) is 10.9. The molecule has 2 aliphatic rings. The molecule has 0 bridgehead atoms. The van der Waals surface area contributed by atoms with Crippen molar-refractivity contribution >= 4 is 17.5 Å². The van der Waals surface area contributed by atoms with Crippen molar-refractivity contribution in [2.75, 3.05) is 33.4 Å². The van der Waals surface area contributed by atoms with Gasteiger partial charge in [0, 0.05) is 24.7 Å². The van der Waals surface area contributed by atoms with Crippen LogP contribution in [-0.2, 0) is 10.5 Å². The quantitative estimate of drug-likeness (QED) is 0.557. The molecule has 1 unspecified atom stereocenters. The van der Waals surface area contributed by atoms with Crippen LogP contribution in [0.25, 0.3) is 0 Å². The zero-order valence-electron chi connectivity index (χ0n) is 17.8. The second kappa shape index (κ2) is 8.57. The molecular formula is C25H21ClFNO5. The average molecular weight is 470 g/mol. The lowest BCUT2D eigenvalue weighted by Gasteiger charge is -2.29. The van der Waals surface area contributed by atoms with Gasteiger partial charge in [0.2, 0.25) is 0 Å². The maximum Gasteiger partial charge on any atom is 0.307 e. The van der Waals surface area contributed by atoms with Crippen LogP contribution in [0.1, 0.15) is 21.5 Å². The Balaban J connectivity index is 1.58. The summed E-state index contributed by atoms with van der Waals surface area (Å²) in [6, 6.07) is 16.9. The maximum atomic E-state index is 15.0. The van der Waals surface area contributed by atoms with Crippen molar-refractivity contribution in [3.8, 4) is 17.2 Å². The molecule has 3 aromatic rings. The molecule has 2 aliphatic heterocycles. The number of hydrogen-bond donors (Lipinski definition) is 0. The smallest absolute Gasteiger partial charge is 0.307 e. The van der Waals surface area contributed by atoms with E-state index in [-0.39, 0.29) is 17.1 Å². The molecule has 2 heterocycles. The molecule has 8 heteroatoms. The lowest BCUT2D eigenvalue weighted by Crippen LogP contribution is -2.41. The lowest BCUT2D eigenvalue weighted by atomic mass is 9.97. The standard InChI is InChI=1S/C25H21ClFNO5/c1-30-17-8-6-16(7-9-17)25(19-4-2-3-5-20(19)26)32-22-14-18(21(27)15-23(22)33-25)24(29)28-10-12-31-13-11-28/h2-9,14-15H,10-13H2,1H3. The summed E-state index contributed by atoms with van der Waals surface area (Å²) in [5.41, 5.74) is 1.10. The predicted molar refractivity (Wildman–Crippen MR) is 120 cm³/mol. The van der Waals surface area contributed by atoms with Gasteiger partial charge in [-0.3, -0.25) is 4.79 Å². The fraction of sp³-hybridized carbons (Fsp3) is 0.240. The summed E-state index contributed by atoms with van der Waals surface area (Å²) < 4.78 is 38.2. The number of rotatable bonds is 4. The summed E-state index contributed by atoms with van der Waals surface area (Å²) >= 11 is 6.53. The molecule has 0 radical (unpaired) electrons. The van der Waals surface area contributed by atoms with E-state index in [2.05, 4.69) is 0 Å². The van der Waals surface area contributed by atoms with Gasteiger partial charge in [-0.15, -0.1) is 0 Å². The normalized spacial score (nSPS) is 19.4. The fourth-order valence-corrected chi connectivity index (χ4v) is 4.31. The number of morpholine rings is 1. The molecule has 0 spiro atoms. The van der Waals surface area contributed by atoms with Crippen LogP contribution < -0.4 is 14.2 Å². The molecule has 1 saturated heterocycles. The Kier molecular flexibility index (Phi) is 5.60. The fourth-order valence-electron chi connectivity index (χ4n) is 4.05. The molecule has 1 amide bonds. The summed E-state index contributed by atoms with van der Waals surface area (Å²) in [7, 11) is 1.58. The van der Waals surface area contributed by atoms with Gasteiger partial charge in [0.05, 0.1) is 36.5 Å². The summed E-state index contributed by atoms with van der Waals surface area (Å²) in [5.74, 6) is -1.46. The van der Waals surface area contributed by atoms with Crippen molar-refractivity contribution in [2.45, 2.75) is 5.79 Å². The van der Waals surface area contributed by atoms with Crippen LogP contribution in [0.15, 0.2) is 60.7 Å². The number of fused-ring (bicyclic) bond motifs is 1. The molecule has 0 N–H and O–H groups in total. The molecule has 33 heavy (non-hydrogen) atoms. The number of carbonyl (C=O) groups is 1. The Morgan fingerprint density at radius 3 is 2.36 bits per heavy atom. The van der Waals surface area contributed by atoms with Crippen molar-refractivity contribution in [1.29, 1.82) is 0 Å². The Labute approximate surface area is 195 Å². The van der Waals surface area contributed by atoms with Crippen LogP contribution in [0, 0.1) is 5.82 Å². The third-order valence-corrected chi connectivity index (χ3v) is 6.10. The first-order valence-electron chi connectivity index (χ1n) is 10.5. The van der Waals surface area contributed by atoms with Gasteiger partial charge >= 0.3 is 5.79 Å². The van der Waals surface area contributed by atoms with Crippen molar-refractivity contribution in [2.24, 2.45) is 0 Å². The Bertz CT molecular complexity index is 1200. The molecule has 170 valence electrons. The minimum Gasteiger partial charge on any atom is -0.497 e. The Morgan fingerprint density at radius 1 is 1.03 bits per heavy atom. The molecule has 0 saturated carbocycles. The summed E-state index contributed by atoms with van der Waals surface area (Å²) in [6.07, 6.45) is 0. The van der Waals surface area contributed by atoms with Crippen LogP contribution in [0.2, 0.25) is 5.02 Å². The predicted octanol–water partition coefficient (Wildman–Crippen LogP) is 4.63. The van der Waals surface area contributed by atoms with E-state index in [4.69, 9.17) is 30.5 Å². The summed E-state index contributed by atoms with van der Waals surface area (Å²) in [4.78, 5) is 14.5. The van der Waals surface area contributed by atoms with Crippen molar-refractivity contribution in [3.05, 3.63) is 88.2 Å². The Morgan fingerprint density at radius 2 is 1.70 bits per heavy atom. The number of methoxy groups -OCH3 is 1. The molecule has 0 aromatic heterocycles. The zero-order valence-corrected chi connectivity index (χ0v) is 18.6. The van der Waals surface area contributed by atoms with E-state index in [1.54, 1.807) is 54.5 Å². The number of carbonyl (C=O) groups excluding carboxylic acids is 1. The van der Waals surface area contributed by atoms with Crippen LogP contribution in [-0.4, -0.2) is 44.2 Å². The lowest BCUT2D eigenvalue weighted by molar-refractivity contribution is -0.0458. The first-order chi connectivity index (χ1) is 16.0. The minimum absolute atomic E-state index is 0.0797. The third-order valence-electron chi connectivity index (χ3n) is 5.77. The van der Waals surface area contributed by atoms with Gasteiger partial charge in [-0.05, 0) is 42.5 Å². The molecule has 0 aliphatic carbocycles. The second-order valence-corrected chi connectivity index (χ2v) is 8.12. The van der Waals surface area contributed by atoms with Gasteiger partial charge in [-0.1, -0.05) is 23.7 Å². The summed E-state index contributed by atoms with van der Waals surface area (Å²) in [6.45, 7) is 1.65. The van der Waals surface area contributed by atoms with Crippen LogP contribution >= 0.6 is 11.6 Å². The largest absolute Gasteiger partial charge is 0.497 e. The average Bonchev–Trinajstić information content (AvgIpc) is 3.23. The number of halogens is 2. The molecule has 3 aromatic carbocycles. The molecule has 5 rings (SSSR count). The zero-order chi connectivity index (χ0) is 23.0. The van der Waals surface area contributed by atoms with Crippen molar-refractivity contribution in [1.82, 2.24) is 4.90 Å². The van der Waals surface area contributed by atoms with Crippen LogP contribution in [0.5, 0.6) is 17.2 Å². The SMILES string of the molecule is COc1ccc(C2(c3ccccc3Cl)Oc3cc(F)c(C(=O)N4CCOCC4)cc3O2)cc1. The van der Waals surface area contributed by atoms with Crippen LogP contribution in [0.4, 0.5) is 4.39 Å². The minimum atomic E-state index is -1.46. The van der Waals surface area contributed by atoms with Gasteiger partial charge < -0.3 is 23.8 Å². The highest BCUT2D eigenvalue weighted by Gasteiger charge is 2.47. The van der Waals surface area contributed by atoms with Crippen molar-refractivity contribution < 1.29 is 28.1 Å². The number of hydrogen-bond acceptors (Lipinski definition) is 5. The number of amides is 1. The van der Waals surface area contributed by atoms with Gasteiger partial charge in [-0.25, -0.2) is 4.39 Å². The first kappa shape index (κ1) is 21.6. The number of nitrogens with zero attached hydrogens (tertiary/aromatic N) is 1. The number of benzene rings is 3. The Hall–Kier alpha value is -3.29. The van der Waals surface area contributed by atoms with Gasteiger partial charge in [0.15, 0.2) is 11.5 Å². The highest BCUT2D eigenvalue weighted by molar-refractivity contribution is 6.31. The van der Waals surface area contributed by atoms with Gasteiger partial charge in [0.1, 0.15) is 11.6 Å². The van der Waals surface area contributed by atoms with Gasteiger partial charge in [0.25, 0.3) is 5.91 Å². The highest BCUT2D eigenvalue weighted by Crippen LogP contribution is 2.50. The summed E-state index contributed by atoms with van der Waals surface area (Å²) in [5, 5.41) is 0.422. The number of ether oxygens (including phenoxy) is 4. The van der Waals surface area contributed by atoms with E-state index >= 15 is 4.39 Å². The molecule has 1 atom stereocenters. The highest BCUT2D eigenvalue weighted by atomic mass is 35.5.